The lowest BCUT2D eigenvalue weighted by atomic mass is 10.1. The van der Waals surface area contributed by atoms with Gasteiger partial charge in [0.25, 0.3) is 0 Å². The number of hydrogen-bond acceptors (Lipinski definition) is 1. The molecule has 1 heterocycles. The Hall–Kier alpha value is -0.930. The van der Waals surface area contributed by atoms with Crippen LogP contribution in [0.2, 0.25) is 0 Å². The molecule has 1 fully saturated rings. The van der Waals surface area contributed by atoms with Gasteiger partial charge in [0, 0.05) is 15.5 Å². The molecule has 26 heavy (non-hydrogen) atoms. The molecule has 1 aliphatic heterocycles. The Labute approximate surface area is 163 Å². The van der Waals surface area contributed by atoms with Crippen molar-refractivity contribution >= 4 is 19.9 Å². The van der Waals surface area contributed by atoms with E-state index in [1.54, 1.807) is 12.1 Å². The summed E-state index contributed by atoms with van der Waals surface area (Å²) < 4.78 is 13.4. The monoisotopic (exact) mass is 390 g/mol. The van der Waals surface area contributed by atoms with Crippen molar-refractivity contribution in [1.82, 2.24) is 0 Å². The number of aryl methyl sites for hydroxylation is 1. The molecule has 3 rings (SSSR count). The van der Waals surface area contributed by atoms with E-state index in [0.29, 0.717) is 0 Å². The molecule has 0 N–H and O–H groups in total. The van der Waals surface area contributed by atoms with Gasteiger partial charge in [-0.25, -0.2) is 4.39 Å². The van der Waals surface area contributed by atoms with E-state index in [1.165, 1.54) is 78.2 Å². The van der Waals surface area contributed by atoms with Crippen LogP contribution in [0.25, 0.3) is 0 Å². The summed E-state index contributed by atoms with van der Waals surface area (Å²) >= 11 is 0. The fourth-order valence-electron chi connectivity index (χ4n) is 3.67. The first-order valence-electron chi connectivity index (χ1n) is 10.0. The number of unbranched alkanes of at least 4 members (excludes halogenated alkanes) is 5. The summed E-state index contributed by atoms with van der Waals surface area (Å²) in [7, 11) is 1.06. The van der Waals surface area contributed by atoms with E-state index >= 15 is 0 Å². The van der Waals surface area contributed by atoms with E-state index in [-0.39, 0.29) is 5.82 Å². The summed E-state index contributed by atoms with van der Waals surface area (Å²) in [6.45, 7) is 2.27. The van der Waals surface area contributed by atoms with Crippen molar-refractivity contribution in [2.75, 3.05) is 11.5 Å². The van der Waals surface area contributed by atoms with Crippen molar-refractivity contribution in [1.29, 1.82) is 0 Å². The number of hydrogen-bond donors (Lipinski definition) is 0. The van der Waals surface area contributed by atoms with Gasteiger partial charge in [0.2, 0.25) is 0 Å². The lowest BCUT2D eigenvalue weighted by molar-refractivity contribution is 0.607. The minimum Gasteiger partial charge on any atom is -0.207 e. The van der Waals surface area contributed by atoms with Gasteiger partial charge >= 0.3 is 0 Å². The molecule has 1 aliphatic rings. The van der Waals surface area contributed by atoms with E-state index < -0.39 is 9.06 Å². The molecule has 2 aromatic rings. The van der Waals surface area contributed by atoms with Crippen LogP contribution in [0.15, 0.2) is 58.3 Å². The van der Waals surface area contributed by atoms with Crippen molar-refractivity contribution in [3.63, 3.8) is 0 Å². The Kier molecular flexibility index (Phi) is 7.51. The van der Waals surface area contributed by atoms with Gasteiger partial charge in [0.05, 0.1) is 0 Å². The summed E-state index contributed by atoms with van der Waals surface area (Å²) in [5.41, 5.74) is 1.46. The van der Waals surface area contributed by atoms with E-state index in [9.17, 15) is 4.39 Å². The van der Waals surface area contributed by atoms with Gasteiger partial charge in [-0.1, -0.05) is 51.2 Å². The minimum absolute atomic E-state index is 0.138. The summed E-state index contributed by atoms with van der Waals surface area (Å²) in [4.78, 5) is 2.78. The Morgan fingerprint density at radius 3 is 2.08 bits per heavy atom. The molecular weight excluding hydrogens is 359 g/mol. The highest BCUT2D eigenvalue weighted by Crippen LogP contribution is 2.74. The first-order chi connectivity index (χ1) is 12.7. The molecule has 1 atom stereocenters. The van der Waals surface area contributed by atoms with Gasteiger partial charge in [-0.05, 0) is 67.0 Å². The van der Waals surface area contributed by atoms with Crippen molar-refractivity contribution in [3.05, 3.63) is 59.9 Å². The van der Waals surface area contributed by atoms with Crippen LogP contribution in [0.3, 0.4) is 0 Å². The number of rotatable bonds is 9. The van der Waals surface area contributed by atoms with Crippen LogP contribution in [-0.2, 0) is 6.42 Å². The van der Waals surface area contributed by atoms with Crippen molar-refractivity contribution in [2.45, 2.75) is 68.1 Å². The Bertz CT molecular complexity index is 658. The van der Waals surface area contributed by atoms with Gasteiger partial charge in [-0.15, -0.1) is 19.9 Å². The predicted octanol–water partition coefficient (Wildman–Crippen LogP) is 8.00. The second-order valence-electron chi connectivity index (χ2n) is 7.17. The van der Waals surface area contributed by atoms with Crippen LogP contribution in [0.5, 0.6) is 0 Å². The van der Waals surface area contributed by atoms with Crippen molar-refractivity contribution in [3.8, 4) is 0 Å². The summed E-state index contributed by atoms with van der Waals surface area (Å²) in [6, 6.07) is 16.6. The summed E-state index contributed by atoms with van der Waals surface area (Å²) in [6.07, 6.45) is 10.6. The zero-order valence-electron chi connectivity index (χ0n) is 15.9. The molecule has 0 nitrogen and oxygen atoms in total. The highest BCUT2D eigenvalue weighted by Gasteiger charge is 2.33. The lowest BCUT2D eigenvalue weighted by Gasteiger charge is -2.35. The molecule has 0 aliphatic carbocycles. The average molecular weight is 391 g/mol. The van der Waals surface area contributed by atoms with Crippen LogP contribution < -0.4 is 0 Å². The molecular formula is C23H31FS2. The van der Waals surface area contributed by atoms with E-state index in [4.69, 9.17) is 0 Å². The van der Waals surface area contributed by atoms with E-state index in [1.807, 2.05) is 12.1 Å². The van der Waals surface area contributed by atoms with Crippen LogP contribution >= 0.6 is 19.9 Å². The Morgan fingerprint density at radius 2 is 1.46 bits per heavy atom. The van der Waals surface area contributed by atoms with Gasteiger partial charge in [-0.2, -0.15) is 0 Å². The fraction of sp³-hybridized carbons (Fsp3) is 0.478. The smallest absolute Gasteiger partial charge is 0.123 e. The topological polar surface area (TPSA) is 0 Å². The maximum absolute atomic E-state index is 13.4. The van der Waals surface area contributed by atoms with E-state index in [2.05, 4.69) is 42.0 Å². The first-order valence-corrected chi connectivity index (χ1v) is 13.3. The number of halogens is 1. The number of benzene rings is 2. The third-order valence-corrected chi connectivity index (χ3v) is 12.3. The second kappa shape index (κ2) is 9.85. The third-order valence-electron chi connectivity index (χ3n) is 5.18. The van der Waals surface area contributed by atoms with Gasteiger partial charge < -0.3 is 0 Å². The molecule has 0 spiro atoms. The largest absolute Gasteiger partial charge is 0.207 e. The summed E-state index contributed by atoms with van der Waals surface area (Å²) in [5, 5.41) is 0. The zero-order valence-corrected chi connectivity index (χ0v) is 17.5. The average Bonchev–Trinajstić information content (AvgIpc) is 3.17. The third kappa shape index (κ3) is 4.86. The van der Waals surface area contributed by atoms with Gasteiger partial charge in [0.1, 0.15) is 5.82 Å². The van der Waals surface area contributed by atoms with E-state index in [0.717, 1.165) is 0 Å². The zero-order chi connectivity index (χ0) is 18.2. The standard InChI is InChI=1S/C23H31FS2/c1-2-3-4-5-6-7-9-20-10-14-22(15-11-20)26(19-8-18-25-26)23-16-12-21(24)13-17-23/h10-17H,2-9,18-19H2,1H3. The molecule has 0 amide bonds. The molecule has 3 heteroatoms. The quantitative estimate of drug-likeness (QED) is 0.309. The normalized spacial score (nSPS) is 22.2. The predicted molar refractivity (Wildman–Crippen MR) is 116 cm³/mol. The minimum atomic E-state index is -1.04. The van der Waals surface area contributed by atoms with Crippen molar-refractivity contribution in [2.24, 2.45) is 0 Å². The molecule has 0 aromatic heterocycles. The molecule has 1 unspecified atom stereocenters. The van der Waals surface area contributed by atoms with Gasteiger partial charge in [-0.3, -0.25) is 0 Å². The molecule has 142 valence electrons. The SMILES string of the molecule is CCCCCCCCc1ccc(S2(c3ccc(F)cc3)CCCS2)cc1. The second-order valence-corrected chi connectivity index (χ2v) is 12.9. The summed E-state index contributed by atoms with van der Waals surface area (Å²) in [5.74, 6) is 2.30. The Morgan fingerprint density at radius 1 is 0.846 bits per heavy atom. The van der Waals surface area contributed by atoms with Gasteiger partial charge in [0.15, 0.2) is 0 Å². The Balaban J connectivity index is 1.65. The maximum atomic E-state index is 13.4. The molecule has 0 bridgehead atoms. The maximum Gasteiger partial charge on any atom is 0.123 e. The van der Waals surface area contributed by atoms with Crippen LogP contribution in [0.1, 0.15) is 57.4 Å². The van der Waals surface area contributed by atoms with Crippen molar-refractivity contribution < 1.29 is 4.39 Å². The van der Waals surface area contributed by atoms with Crippen LogP contribution in [0, 0.1) is 5.82 Å². The molecule has 1 saturated heterocycles. The molecule has 2 aromatic carbocycles. The molecule has 0 radical (unpaired) electrons. The lowest BCUT2D eigenvalue weighted by Crippen LogP contribution is -1.99. The highest BCUT2D eigenvalue weighted by atomic mass is 33.2. The first kappa shape index (κ1) is 19.8. The highest BCUT2D eigenvalue weighted by molar-refractivity contribution is 8.94. The molecule has 0 saturated carbocycles. The van der Waals surface area contributed by atoms with Crippen LogP contribution in [0.4, 0.5) is 4.39 Å². The van der Waals surface area contributed by atoms with Crippen LogP contribution in [-0.4, -0.2) is 11.5 Å². The fourth-order valence-corrected chi connectivity index (χ4v) is 10.6.